The van der Waals surface area contributed by atoms with Gasteiger partial charge in [-0.2, -0.15) is 0 Å². The Morgan fingerprint density at radius 2 is 1.91 bits per heavy atom. The van der Waals surface area contributed by atoms with Crippen LogP contribution in [0.3, 0.4) is 0 Å². The Balaban J connectivity index is 2.25. The largest absolute Gasteiger partial charge is 0.496 e. The van der Waals surface area contributed by atoms with E-state index in [1.54, 1.807) is 36.4 Å². The van der Waals surface area contributed by atoms with E-state index in [2.05, 4.69) is 0 Å². The van der Waals surface area contributed by atoms with Crippen molar-refractivity contribution in [1.82, 2.24) is 0 Å². The van der Waals surface area contributed by atoms with Crippen molar-refractivity contribution >= 4 is 27.3 Å². The van der Waals surface area contributed by atoms with Crippen LogP contribution in [0.25, 0.3) is 0 Å². The zero-order valence-electron chi connectivity index (χ0n) is 12.5. The van der Waals surface area contributed by atoms with Crippen molar-refractivity contribution in [3.63, 3.8) is 0 Å². The quantitative estimate of drug-likeness (QED) is 0.864. The van der Waals surface area contributed by atoms with Crippen LogP contribution in [0.1, 0.15) is 21.5 Å². The molecule has 0 atom stereocenters. The van der Waals surface area contributed by atoms with Gasteiger partial charge in [0.25, 0.3) is 0 Å². The minimum absolute atomic E-state index is 0.205. The summed E-state index contributed by atoms with van der Waals surface area (Å²) in [7, 11) is -2.00. The van der Waals surface area contributed by atoms with Crippen LogP contribution in [-0.2, 0) is 21.3 Å². The van der Waals surface area contributed by atoms with Crippen LogP contribution in [-0.4, -0.2) is 21.4 Å². The fraction of sp³-hybridized carbons (Fsp3) is 0.188. The molecule has 2 N–H and O–H groups in total. The lowest BCUT2D eigenvalue weighted by molar-refractivity contribution is 0.1000. The van der Waals surface area contributed by atoms with Gasteiger partial charge in [0.15, 0.2) is 9.84 Å². The zero-order valence-corrected chi connectivity index (χ0v) is 14.0. The Morgan fingerprint density at radius 1 is 1.17 bits per heavy atom. The van der Waals surface area contributed by atoms with Crippen molar-refractivity contribution in [2.45, 2.75) is 11.5 Å². The molecule has 2 aromatic rings. The third-order valence-electron chi connectivity index (χ3n) is 3.22. The molecule has 0 spiro atoms. The monoisotopic (exact) mass is 353 g/mol. The van der Waals surface area contributed by atoms with Crippen LogP contribution < -0.4 is 10.5 Å². The zero-order chi connectivity index (χ0) is 17.0. The molecule has 0 fully saturated rings. The average molecular weight is 354 g/mol. The fourth-order valence-corrected chi connectivity index (χ4v) is 3.90. The van der Waals surface area contributed by atoms with Crippen molar-refractivity contribution < 1.29 is 17.9 Å². The molecule has 1 amide bonds. The lowest BCUT2D eigenvalue weighted by atomic mass is 10.1. The van der Waals surface area contributed by atoms with Gasteiger partial charge in [-0.25, -0.2) is 8.42 Å². The van der Waals surface area contributed by atoms with Gasteiger partial charge >= 0.3 is 0 Å². The predicted octanol–water partition coefficient (Wildman–Crippen LogP) is 2.56. The van der Waals surface area contributed by atoms with Gasteiger partial charge < -0.3 is 10.5 Å². The normalized spacial score (nSPS) is 11.2. The Morgan fingerprint density at radius 3 is 2.57 bits per heavy atom. The number of ether oxygens (including phenoxy) is 1. The number of primary amides is 1. The minimum Gasteiger partial charge on any atom is -0.496 e. The SMILES string of the molecule is COc1ccc(Cl)cc1CS(=O)(=O)Cc1cccc(C(N)=O)c1. The number of methoxy groups -OCH3 is 1. The van der Waals surface area contributed by atoms with E-state index in [0.29, 0.717) is 21.9 Å². The maximum absolute atomic E-state index is 12.4. The van der Waals surface area contributed by atoms with E-state index in [1.807, 2.05) is 0 Å². The van der Waals surface area contributed by atoms with Crippen LogP contribution in [0.4, 0.5) is 0 Å². The summed E-state index contributed by atoms with van der Waals surface area (Å²) in [6.07, 6.45) is 0. The second kappa shape index (κ2) is 7.02. The lowest BCUT2D eigenvalue weighted by Gasteiger charge is -2.10. The van der Waals surface area contributed by atoms with Crippen LogP contribution in [0, 0.1) is 0 Å². The topological polar surface area (TPSA) is 86.5 Å². The molecule has 0 aromatic heterocycles. The lowest BCUT2D eigenvalue weighted by Crippen LogP contribution is -2.12. The smallest absolute Gasteiger partial charge is 0.248 e. The molecule has 0 unspecified atom stereocenters. The maximum Gasteiger partial charge on any atom is 0.248 e. The van der Waals surface area contributed by atoms with Gasteiger partial charge in [-0.3, -0.25) is 4.79 Å². The summed E-state index contributed by atoms with van der Waals surface area (Å²) in [5, 5.41) is 0.437. The van der Waals surface area contributed by atoms with Crippen LogP contribution in [0.15, 0.2) is 42.5 Å². The summed E-state index contributed by atoms with van der Waals surface area (Å²) in [6, 6.07) is 11.1. The molecular formula is C16H16ClNO4S. The molecule has 5 nitrogen and oxygen atoms in total. The highest BCUT2D eigenvalue weighted by Crippen LogP contribution is 2.25. The number of benzene rings is 2. The Bertz CT molecular complexity index is 834. The molecule has 2 rings (SSSR count). The molecule has 0 aliphatic rings. The number of nitrogens with two attached hydrogens (primary N) is 1. The summed E-state index contributed by atoms with van der Waals surface area (Å²) < 4.78 is 30.0. The third-order valence-corrected chi connectivity index (χ3v) is 4.98. The first-order valence-corrected chi connectivity index (χ1v) is 8.92. The maximum atomic E-state index is 12.4. The van der Waals surface area contributed by atoms with Crippen molar-refractivity contribution in [3.8, 4) is 5.75 Å². The van der Waals surface area contributed by atoms with Crippen LogP contribution >= 0.6 is 11.6 Å². The summed E-state index contributed by atoms with van der Waals surface area (Å²) in [4.78, 5) is 11.2. The van der Waals surface area contributed by atoms with Gasteiger partial charge in [-0.1, -0.05) is 23.7 Å². The highest BCUT2D eigenvalue weighted by Gasteiger charge is 2.17. The number of hydrogen-bond donors (Lipinski definition) is 1. The second-order valence-corrected chi connectivity index (χ2v) is 7.55. The molecule has 7 heteroatoms. The first kappa shape index (κ1) is 17.3. The summed E-state index contributed by atoms with van der Waals surface area (Å²) >= 11 is 5.92. The molecule has 0 radical (unpaired) electrons. The van der Waals surface area contributed by atoms with Crippen LogP contribution in [0.5, 0.6) is 5.75 Å². The number of carbonyl (C=O) groups excluding carboxylic acids is 1. The molecule has 23 heavy (non-hydrogen) atoms. The molecule has 0 aliphatic heterocycles. The number of halogens is 1. The molecule has 0 saturated carbocycles. The highest BCUT2D eigenvalue weighted by molar-refractivity contribution is 7.89. The predicted molar refractivity (Wildman–Crippen MR) is 89.3 cm³/mol. The molecule has 122 valence electrons. The number of amides is 1. The highest BCUT2D eigenvalue weighted by atomic mass is 35.5. The van der Waals surface area contributed by atoms with Crippen molar-refractivity contribution in [3.05, 3.63) is 64.2 Å². The van der Waals surface area contributed by atoms with E-state index in [0.717, 1.165) is 0 Å². The molecule has 0 heterocycles. The van der Waals surface area contributed by atoms with E-state index in [1.165, 1.54) is 13.2 Å². The molecule has 0 saturated heterocycles. The van der Waals surface area contributed by atoms with Crippen molar-refractivity contribution in [2.24, 2.45) is 5.73 Å². The van der Waals surface area contributed by atoms with E-state index in [9.17, 15) is 13.2 Å². The molecule has 2 aromatic carbocycles. The standard InChI is InChI=1S/C16H16ClNO4S/c1-22-15-6-5-14(17)8-13(15)10-23(20,21)9-11-3-2-4-12(7-11)16(18)19/h2-8H,9-10H2,1H3,(H2,18,19). The first-order valence-electron chi connectivity index (χ1n) is 6.72. The Labute approximate surface area is 139 Å². The van der Waals surface area contributed by atoms with Gasteiger partial charge in [0.1, 0.15) is 5.75 Å². The Kier molecular flexibility index (Phi) is 5.28. The molecule has 0 aliphatic carbocycles. The number of rotatable bonds is 6. The summed E-state index contributed by atoms with van der Waals surface area (Å²) in [5.41, 5.74) is 6.47. The van der Waals surface area contributed by atoms with E-state index >= 15 is 0 Å². The van der Waals surface area contributed by atoms with Crippen molar-refractivity contribution in [2.75, 3.05) is 7.11 Å². The average Bonchev–Trinajstić information content (AvgIpc) is 2.46. The molecular weight excluding hydrogens is 338 g/mol. The van der Waals surface area contributed by atoms with Gasteiger partial charge in [0.05, 0.1) is 18.6 Å². The van der Waals surface area contributed by atoms with Gasteiger partial charge in [0.2, 0.25) is 5.91 Å². The third kappa shape index (κ3) is 4.71. The second-order valence-electron chi connectivity index (χ2n) is 5.05. The first-order chi connectivity index (χ1) is 10.8. The van der Waals surface area contributed by atoms with Gasteiger partial charge in [-0.15, -0.1) is 0 Å². The number of hydrogen-bond acceptors (Lipinski definition) is 4. The molecule has 0 bridgehead atoms. The van der Waals surface area contributed by atoms with Crippen LogP contribution in [0.2, 0.25) is 5.02 Å². The van der Waals surface area contributed by atoms with Gasteiger partial charge in [0, 0.05) is 16.1 Å². The summed E-state index contributed by atoms with van der Waals surface area (Å²) in [6.45, 7) is 0. The number of sulfone groups is 1. The van der Waals surface area contributed by atoms with E-state index < -0.39 is 15.7 Å². The van der Waals surface area contributed by atoms with E-state index in [-0.39, 0.29) is 17.1 Å². The number of carbonyl (C=O) groups is 1. The fourth-order valence-electron chi connectivity index (χ4n) is 2.22. The summed E-state index contributed by atoms with van der Waals surface area (Å²) in [5.74, 6) is -0.550. The van der Waals surface area contributed by atoms with Gasteiger partial charge in [-0.05, 0) is 35.9 Å². The Hall–Kier alpha value is -2.05. The van der Waals surface area contributed by atoms with Crippen molar-refractivity contribution in [1.29, 1.82) is 0 Å². The van der Waals surface area contributed by atoms with E-state index in [4.69, 9.17) is 22.1 Å². The minimum atomic E-state index is -3.47.